The maximum Gasteiger partial charge on any atom is 0.305 e. The average molecular weight is 906 g/mol. The first kappa shape index (κ1) is 59.6. The Labute approximate surface area is 389 Å². The van der Waals surface area contributed by atoms with Crippen molar-refractivity contribution >= 4 is 11.9 Å². The number of hydrogen-bond donors (Lipinski definition) is 6. The molecular weight excluding hydrogens is 811 g/mol. The lowest BCUT2D eigenvalue weighted by molar-refractivity contribution is -0.302. The van der Waals surface area contributed by atoms with E-state index in [0.29, 0.717) is 19.4 Å². The van der Waals surface area contributed by atoms with Crippen LogP contribution in [0.15, 0.2) is 48.6 Å². The Morgan fingerprint density at radius 2 is 1.06 bits per heavy atom. The van der Waals surface area contributed by atoms with E-state index in [9.17, 15) is 35.1 Å². The second kappa shape index (κ2) is 43.2. The number of carbonyl (C=O) groups excluding carboxylic acids is 2. The zero-order chi connectivity index (χ0) is 46.7. The second-order valence-electron chi connectivity index (χ2n) is 17.9. The molecule has 1 heterocycles. The Morgan fingerprint density at radius 1 is 0.578 bits per heavy atom. The molecule has 1 amide bonds. The lowest BCUT2D eigenvalue weighted by Crippen LogP contribution is -2.60. The van der Waals surface area contributed by atoms with Crippen LogP contribution in [0.3, 0.4) is 0 Å². The van der Waals surface area contributed by atoms with E-state index in [1.54, 1.807) is 6.08 Å². The van der Waals surface area contributed by atoms with Crippen molar-refractivity contribution in [2.75, 3.05) is 19.8 Å². The Balaban J connectivity index is 2.19. The van der Waals surface area contributed by atoms with Crippen LogP contribution in [0.25, 0.3) is 0 Å². The monoisotopic (exact) mass is 906 g/mol. The van der Waals surface area contributed by atoms with E-state index in [1.165, 1.54) is 83.5 Å². The van der Waals surface area contributed by atoms with Gasteiger partial charge in [0.25, 0.3) is 0 Å². The molecule has 0 radical (unpaired) electrons. The highest BCUT2D eigenvalue weighted by Crippen LogP contribution is 2.22. The maximum atomic E-state index is 13.0. The Kier molecular flexibility index (Phi) is 40.3. The summed E-state index contributed by atoms with van der Waals surface area (Å²) >= 11 is 0. The molecule has 0 bridgehead atoms. The van der Waals surface area contributed by atoms with Crippen LogP contribution in [-0.4, -0.2) is 100 Å². The van der Waals surface area contributed by atoms with Crippen LogP contribution in [0.2, 0.25) is 0 Å². The summed E-state index contributed by atoms with van der Waals surface area (Å²) in [4.78, 5) is 24.9. The molecule has 6 N–H and O–H groups in total. The van der Waals surface area contributed by atoms with Crippen molar-refractivity contribution in [1.29, 1.82) is 0 Å². The predicted octanol–water partition coefficient (Wildman–Crippen LogP) is 10.5. The fraction of sp³-hybridized carbons (Fsp3) is 0.811. The summed E-state index contributed by atoms with van der Waals surface area (Å²) in [5.41, 5.74) is 0. The second-order valence-corrected chi connectivity index (χ2v) is 17.9. The number of allylic oxidation sites excluding steroid dienone is 7. The lowest BCUT2D eigenvalue weighted by Gasteiger charge is -2.40. The molecule has 1 rings (SSSR count). The van der Waals surface area contributed by atoms with Crippen molar-refractivity contribution in [2.24, 2.45) is 0 Å². The molecule has 0 aliphatic carbocycles. The summed E-state index contributed by atoms with van der Waals surface area (Å²) < 4.78 is 16.6. The Bertz CT molecular complexity index is 1210. The van der Waals surface area contributed by atoms with Crippen LogP contribution < -0.4 is 5.32 Å². The maximum absolute atomic E-state index is 13.0. The van der Waals surface area contributed by atoms with Crippen molar-refractivity contribution < 1.29 is 49.3 Å². The van der Waals surface area contributed by atoms with Gasteiger partial charge in [0.15, 0.2) is 6.29 Å². The van der Waals surface area contributed by atoms with Crippen LogP contribution in [0.5, 0.6) is 0 Å². The lowest BCUT2D eigenvalue weighted by atomic mass is 9.99. The fourth-order valence-electron chi connectivity index (χ4n) is 7.70. The van der Waals surface area contributed by atoms with E-state index in [2.05, 4.69) is 55.6 Å². The molecule has 372 valence electrons. The smallest absolute Gasteiger partial charge is 0.305 e. The highest BCUT2D eigenvalue weighted by atomic mass is 16.7. The van der Waals surface area contributed by atoms with Gasteiger partial charge in [0.2, 0.25) is 5.91 Å². The van der Waals surface area contributed by atoms with Crippen molar-refractivity contribution in [3.8, 4) is 0 Å². The van der Waals surface area contributed by atoms with Gasteiger partial charge >= 0.3 is 5.97 Å². The van der Waals surface area contributed by atoms with Gasteiger partial charge in [-0.1, -0.05) is 165 Å². The number of esters is 1. The first-order valence-corrected chi connectivity index (χ1v) is 25.9. The number of unbranched alkanes of at least 4 members (excludes halogenated alkanes) is 24. The number of nitrogens with one attached hydrogen (secondary N) is 1. The molecule has 11 nitrogen and oxygen atoms in total. The van der Waals surface area contributed by atoms with Crippen molar-refractivity contribution in [2.45, 2.75) is 256 Å². The van der Waals surface area contributed by atoms with Crippen molar-refractivity contribution in [3.63, 3.8) is 0 Å². The molecule has 0 saturated carbocycles. The summed E-state index contributed by atoms with van der Waals surface area (Å²) in [5.74, 6) is -0.261. The van der Waals surface area contributed by atoms with Crippen LogP contribution >= 0.6 is 0 Å². The molecule has 11 heteroatoms. The SMILES string of the molecule is CCCC/C=C\CCCCCCCC(=O)OCCCCC/C=C\C=C/CCCCCCCCC(=O)NC(COC1OC(CO)C(O)C(O)C1O)C(O)/C=C/CCCCCCCCCC. The standard InChI is InChI=1S/C53H95NO10/c1-3-5-7-9-11-13-20-25-29-33-37-41-49(58)62-42-38-34-30-26-22-19-17-15-16-18-21-24-28-32-36-40-48(57)54-45(44-63-53-52(61)51(60)50(59)47(43-55)64-53)46(56)39-35-31-27-23-14-12-10-8-6-4-2/h9,11,15,17,19,22,35,39,45-47,50-53,55-56,59-61H,3-8,10,12-14,16,18,20-21,23-34,36-38,40-44H2,1-2H3,(H,54,57)/b11-9-,17-15-,22-19-,39-35+. The third-order valence-corrected chi connectivity index (χ3v) is 11.9. The number of amides is 1. The summed E-state index contributed by atoms with van der Waals surface area (Å²) in [7, 11) is 0. The fourth-order valence-corrected chi connectivity index (χ4v) is 7.70. The van der Waals surface area contributed by atoms with Gasteiger partial charge < -0.3 is 45.1 Å². The van der Waals surface area contributed by atoms with E-state index in [4.69, 9.17) is 14.2 Å². The van der Waals surface area contributed by atoms with Crippen LogP contribution in [0, 0.1) is 0 Å². The molecule has 1 aliphatic heterocycles. The molecule has 1 saturated heterocycles. The summed E-state index contributed by atoms with van der Waals surface area (Å²) in [6.07, 6.45) is 41.9. The van der Waals surface area contributed by atoms with Crippen LogP contribution in [0.4, 0.5) is 0 Å². The number of carbonyl (C=O) groups is 2. The first-order valence-electron chi connectivity index (χ1n) is 25.9. The molecule has 0 aromatic carbocycles. The number of ether oxygens (including phenoxy) is 3. The Morgan fingerprint density at radius 3 is 1.64 bits per heavy atom. The van der Waals surface area contributed by atoms with E-state index in [1.807, 2.05) is 6.08 Å². The molecule has 0 aromatic rings. The van der Waals surface area contributed by atoms with Crippen LogP contribution in [-0.2, 0) is 23.8 Å². The third-order valence-electron chi connectivity index (χ3n) is 11.9. The minimum Gasteiger partial charge on any atom is -0.466 e. The van der Waals surface area contributed by atoms with E-state index in [-0.39, 0.29) is 18.5 Å². The summed E-state index contributed by atoms with van der Waals surface area (Å²) in [6, 6.07) is -0.826. The van der Waals surface area contributed by atoms with Crippen molar-refractivity contribution in [3.05, 3.63) is 48.6 Å². The first-order chi connectivity index (χ1) is 31.2. The number of rotatable bonds is 43. The molecule has 64 heavy (non-hydrogen) atoms. The number of aliphatic hydroxyl groups excluding tert-OH is 5. The average Bonchev–Trinajstić information content (AvgIpc) is 3.29. The van der Waals surface area contributed by atoms with E-state index >= 15 is 0 Å². The minimum atomic E-state index is -1.58. The molecule has 0 spiro atoms. The van der Waals surface area contributed by atoms with Gasteiger partial charge in [0, 0.05) is 12.8 Å². The van der Waals surface area contributed by atoms with Crippen molar-refractivity contribution in [1.82, 2.24) is 5.32 Å². The van der Waals surface area contributed by atoms with Gasteiger partial charge in [0.05, 0.1) is 32.0 Å². The molecule has 0 aromatic heterocycles. The molecule has 1 aliphatic rings. The number of hydrogen-bond acceptors (Lipinski definition) is 10. The molecule has 7 atom stereocenters. The zero-order valence-electron chi connectivity index (χ0n) is 40.5. The zero-order valence-corrected chi connectivity index (χ0v) is 40.5. The third kappa shape index (κ3) is 33.1. The van der Waals surface area contributed by atoms with Gasteiger partial charge in [0.1, 0.15) is 24.4 Å². The van der Waals surface area contributed by atoms with Gasteiger partial charge in [-0.15, -0.1) is 0 Å². The normalized spacial score (nSPS) is 20.3. The topological polar surface area (TPSA) is 175 Å². The van der Waals surface area contributed by atoms with E-state index < -0.39 is 49.5 Å². The van der Waals surface area contributed by atoms with Gasteiger partial charge in [-0.3, -0.25) is 9.59 Å². The highest BCUT2D eigenvalue weighted by molar-refractivity contribution is 5.76. The van der Waals surface area contributed by atoms with Crippen LogP contribution in [0.1, 0.15) is 213 Å². The summed E-state index contributed by atoms with van der Waals surface area (Å²) in [6.45, 7) is 4.19. The molecule has 1 fully saturated rings. The quantitative estimate of drug-likeness (QED) is 0.0150. The predicted molar refractivity (Wildman–Crippen MR) is 260 cm³/mol. The molecular formula is C53H95NO10. The minimum absolute atomic E-state index is 0.0532. The highest BCUT2D eigenvalue weighted by Gasteiger charge is 2.44. The molecule has 7 unspecified atom stereocenters. The summed E-state index contributed by atoms with van der Waals surface area (Å²) in [5, 5.41) is 54.1. The largest absolute Gasteiger partial charge is 0.466 e. The number of aliphatic hydroxyl groups is 5. The Hall–Kier alpha value is -2.38. The van der Waals surface area contributed by atoms with Gasteiger partial charge in [-0.05, 0) is 83.5 Å². The van der Waals surface area contributed by atoms with Gasteiger partial charge in [-0.25, -0.2) is 0 Å². The van der Waals surface area contributed by atoms with E-state index in [0.717, 1.165) is 103 Å². The van der Waals surface area contributed by atoms with Gasteiger partial charge in [-0.2, -0.15) is 0 Å².